The Morgan fingerprint density at radius 2 is 1.75 bits per heavy atom. The Bertz CT molecular complexity index is 812. The molecule has 0 unspecified atom stereocenters. The number of benzene rings is 2. The molecular formula is C21H18O3. The fourth-order valence-corrected chi connectivity index (χ4v) is 2.55. The summed E-state index contributed by atoms with van der Waals surface area (Å²) < 4.78 is 5.33. The maximum absolute atomic E-state index is 12.1. The Hall–Kier alpha value is -2.94. The van der Waals surface area contributed by atoms with Crippen LogP contribution in [-0.4, -0.2) is 11.8 Å². The van der Waals surface area contributed by atoms with Crippen molar-refractivity contribution in [3.8, 4) is 0 Å². The first-order valence-corrected chi connectivity index (χ1v) is 7.91. The highest BCUT2D eigenvalue weighted by molar-refractivity contribution is 6.19. The van der Waals surface area contributed by atoms with Gasteiger partial charge in [-0.3, -0.25) is 0 Å². The van der Waals surface area contributed by atoms with E-state index in [0.717, 1.165) is 23.1 Å². The predicted octanol–water partition coefficient (Wildman–Crippen LogP) is 4.19. The zero-order chi connectivity index (χ0) is 16.9. The van der Waals surface area contributed by atoms with Crippen LogP contribution in [0.3, 0.4) is 0 Å². The molecular weight excluding hydrogens is 300 g/mol. The number of hydrogen-bond donors (Lipinski definition) is 0. The molecule has 3 heteroatoms. The van der Waals surface area contributed by atoms with E-state index in [0.29, 0.717) is 17.8 Å². The van der Waals surface area contributed by atoms with Gasteiger partial charge in [0.1, 0.15) is 11.5 Å². The molecule has 3 nitrogen and oxygen atoms in total. The van der Waals surface area contributed by atoms with Gasteiger partial charge in [0.05, 0.1) is 5.57 Å². The Morgan fingerprint density at radius 1 is 1.04 bits per heavy atom. The van der Waals surface area contributed by atoms with E-state index in [9.17, 15) is 9.59 Å². The van der Waals surface area contributed by atoms with Crippen LogP contribution >= 0.6 is 0 Å². The molecule has 2 aromatic carbocycles. The largest absolute Gasteiger partial charge is 0.423 e. The van der Waals surface area contributed by atoms with Gasteiger partial charge in [0, 0.05) is 6.42 Å². The van der Waals surface area contributed by atoms with Gasteiger partial charge in [0.2, 0.25) is 0 Å². The summed E-state index contributed by atoms with van der Waals surface area (Å²) >= 11 is 0. The number of cyclic esters (lactones) is 1. The molecule has 0 saturated heterocycles. The fourth-order valence-electron chi connectivity index (χ4n) is 2.55. The molecule has 24 heavy (non-hydrogen) atoms. The smallest absolute Gasteiger partial charge is 0.344 e. The highest BCUT2D eigenvalue weighted by atomic mass is 16.5. The molecule has 2 aromatic rings. The highest BCUT2D eigenvalue weighted by Crippen LogP contribution is 2.27. The molecule has 0 fully saturated rings. The van der Waals surface area contributed by atoms with E-state index in [2.05, 4.69) is 0 Å². The van der Waals surface area contributed by atoms with Crippen molar-refractivity contribution in [2.75, 3.05) is 0 Å². The summed E-state index contributed by atoms with van der Waals surface area (Å²) in [5, 5.41) is 0. The van der Waals surface area contributed by atoms with Gasteiger partial charge in [-0.05, 0) is 42.2 Å². The molecule has 0 saturated carbocycles. The van der Waals surface area contributed by atoms with Crippen LogP contribution in [0.25, 0.3) is 11.6 Å². The normalized spacial score (nSPS) is 15.3. The van der Waals surface area contributed by atoms with Gasteiger partial charge in [-0.2, -0.15) is 0 Å². The number of rotatable bonds is 5. The third-order valence-corrected chi connectivity index (χ3v) is 3.86. The van der Waals surface area contributed by atoms with E-state index < -0.39 is 0 Å². The number of carbonyl (C=O) groups is 2. The Balaban J connectivity index is 1.78. The van der Waals surface area contributed by atoms with Gasteiger partial charge in [-0.15, -0.1) is 0 Å². The maximum Gasteiger partial charge on any atom is 0.344 e. The zero-order valence-electron chi connectivity index (χ0n) is 13.5. The number of aryl methyl sites for hydroxylation is 1. The van der Waals surface area contributed by atoms with E-state index in [-0.39, 0.29) is 11.8 Å². The number of allylic oxidation sites excluding steroid dienone is 1. The third kappa shape index (κ3) is 3.87. The first-order chi connectivity index (χ1) is 11.6. The monoisotopic (exact) mass is 318 g/mol. The molecule has 3 rings (SSSR count). The van der Waals surface area contributed by atoms with E-state index in [1.807, 2.05) is 60.7 Å². The molecule has 0 radical (unpaired) electrons. The van der Waals surface area contributed by atoms with Crippen LogP contribution in [0, 0.1) is 0 Å². The molecule has 0 N–H and O–H groups in total. The minimum atomic E-state index is -0.339. The SMILES string of the molecule is CC(=O)CCc1ccc(C2=C/C(=C/c3ccccc3)OC2=O)cc1. The summed E-state index contributed by atoms with van der Waals surface area (Å²) in [4.78, 5) is 23.1. The van der Waals surface area contributed by atoms with E-state index in [4.69, 9.17) is 4.74 Å². The average Bonchev–Trinajstić information content (AvgIpc) is 2.94. The minimum absolute atomic E-state index is 0.178. The van der Waals surface area contributed by atoms with Crippen LogP contribution in [0.1, 0.15) is 30.0 Å². The lowest BCUT2D eigenvalue weighted by atomic mass is 10.0. The van der Waals surface area contributed by atoms with E-state index >= 15 is 0 Å². The first kappa shape index (κ1) is 15.9. The molecule has 1 aliphatic rings. The van der Waals surface area contributed by atoms with Crippen LogP contribution in [0.15, 0.2) is 66.4 Å². The Morgan fingerprint density at radius 3 is 2.42 bits per heavy atom. The quantitative estimate of drug-likeness (QED) is 0.776. The van der Waals surface area contributed by atoms with Crippen molar-refractivity contribution in [1.29, 1.82) is 0 Å². The van der Waals surface area contributed by atoms with E-state index in [1.54, 1.807) is 13.0 Å². The molecule has 0 aliphatic carbocycles. The lowest BCUT2D eigenvalue weighted by molar-refractivity contribution is -0.131. The average molecular weight is 318 g/mol. The molecule has 0 atom stereocenters. The number of carbonyl (C=O) groups excluding carboxylic acids is 2. The van der Waals surface area contributed by atoms with Crippen molar-refractivity contribution < 1.29 is 14.3 Å². The van der Waals surface area contributed by atoms with Crippen LogP contribution in [0.4, 0.5) is 0 Å². The summed E-state index contributed by atoms with van der Waals surface area (Å²) in [7, 11) is 0. The number of ether oxygens (including phenoxy) is 1. The van der Waals surface area contributed by atoms with Gasteiger partial charge in [0.25, 0.3) is 0 Å². The third-order valence-electron chi connectivity index (χ3n) is 3.86. The maximum atomic E-state index is 12.1. The van der Waals surface area contributed by atoms with Crippen LogP contribution in [0.5, 0.6) is 0 Å². The second-order valence-corrected chi connectivity index (χ2v) is 5.80. The summed E-state index contributed by atoms with van der Waals surface area (Å²) in [5.74, 6) is 0.382. The molecule has 0 amide bonds. The second kappa shape index (κ2) is 7.09. The van der Waals surface area contributed by atoms with Crippen molar-refractivity contribution >= 4 is 23.4 Å². The lowest BCUT2D eigenvalue weighted by Crippen LogP contribution is -1.99. The molecule has 120 valence electrons. The van der Waals surface area contributed by atoms with Crippen molar-refractivity contribution in [3.05, 3.63) is 83.1 Å². The van der Waals surface area contributed by atoms with Gasteiger partial charge in [-0.25, -0.2) is 4.79 Å². The van der Waals surface area contributed by atoms with Crippen molar-refractivity contribution in [3.63, 3.8) is 0 Å². The standard InChI is InChI=1S/C21H18O3/c1-15(22)7-8-16-9-11-18(12-10-16)20-14-19(24-21(20)23)13-17-5-3-2-4-6-17/h2-6,9-14H,7-8H2,1H3/b19-13-. The summed E-state index contributed by atoms with van der Waals surface area (Å²) in [6.45, 7) is 1.59. The highest BCUT2D eigenvalue weighted by Gasteiger charge is 2.22. The summed E-state index contributed by atoms with van der Waals surface area (Å²) in [6.07, 6.45) is 4.86. The first-order valence-electron chi connectivity index (χ1n) is 7.91. The molecule has 1 aliphatic heterocycles. The zero-order valence-corrected chi connectivity index (χ0v) is 13.5. The second-order valence-electron chi connectivity index (χ2n) is 5.80. The van der Waals surface area contributed by atoms with Crippen LogP contribution in [0.2, 0.25) is 0 Å². The number of hydrogen-bond acceptors (Lipinski definition) is 3. The molecule has 0 spiro atoms. The number of esters is 1. The van der Waals surface area contributed by atoms with Gasteiger partial charge in [0.15, 0.2) is 0 Å². The van der Waals surface area contributed by atoms with Crippen LogP contribution in [-0.2, 0) is 20.7 Å². The van der Waals surface area contributed by atoms with Gasteiger partial charge in [-0.1, -0.05) is 54.6 Å². The summed E-state index contributed by atoms with van der Waals surface area (Å²) in [6, 6.07) is 17.4. The Kier molecular flexibility index (Phi) is 4.71. The summed E-state index contributed by atoms with van der Waals surface area (Å²) in [5.41, 5.74) is 3.44. The van der Waals surface area contributed by atoms with Crippen molar-refractivity contribution in [2.24, 2.45) is 0 Å². The van der Waals surface area contributed by atoms with E-state index in [1.165, 1.54) is 0 Å². The van der Waals surface area contributed by atoms with Crippen molar-refractivity contribution in [1.82, 2.24) is 0 Å². The minimum Gasteiger partial charge on any atom is -0.423 e. The molecule has 0 aromatic heterocycles. The lowest BCUT2D eigenvalue weighted by Gasteiger charge is -2.02. The molecule has 1 heterocycles. The predicted molar refractivity (Wildman–Crippen MR) is 93.9 cm³/mol. The molecule has 0 bridgehead atoms. The fraction of sp³-hybridized carbons (Fsp3) is 0.143. The van der Waals surface area contributed by atoms with Gasteiger partial charge >= 0.3 is 5.97 Å². The van der Waals surface area contributed by atoms with Crippen LogP contribution < -0.4 is 0 Å². The van der Waals surface area contributed by atoms with Gasteiger partial charge < -0.3 is 9.53 Å². The topological polar surface area (TPSA) is 43.4 Å². The number of Topliss-reactive ketones (excluding diaryl/α,β-unsaturated/α-hetero) is 1. The number of ketones is 1. The van der Waals surface area contributed by atoms with Crippen molar-refractivity contribution in [2.45, 2.75) is 19.8 Å². The Labute approximate surface area is 141 Å².